The SMILES string of the molecule is COCCCN1C(C)CN(S(=O)(=O)c2cccs2)CC1C. The summed E-state index contributed by atoms with van der Waals surface area (Å²) >= 11 is 1.28. The molecule has 0 saturated carbocycles. The van der Waals surface area contributed by atoms with E-state index < -0.39 is 10.0 Å². The van der Waals surface area contributed by atoms with E-state index in [-0.39, 0.29) is 12.1 Å². The number of piperazine rings is 1. The molecule has 120 valence electrons. The molecule has 7 heteroatoms. The Balaban J connectivity index is 2.04. The van der Waals surface area contributed by atoms with Crippen LogP contribution in [0.25, 0.3) is 0 Å². The average molecular weight is 332 g/mol. The van der Waals surface area contributed by atoms with E-state index in [1.807, 2.05) is 0 Å². The summed E-state index contributed by atoms with van der Waals surface area (Å²) in [7, 11) is -1.63. The fraction of sp³-hybridized carbons (Fsp3) is 0.714. The van der Waals surface area contributed by atoms with Gasteiger partial charge in [0.25, 0.3) is 10.0 Å². The molecule has 0 aliphatic carbocycles. The number of rotatable bonds is 6. The van der Waals surface area contributed by atoms with Gasteiger partial charge in [-0.1, -0.05) is 6.07 Å². The van der Waals surface area contributed by atoms with Crippen LogP contribution >= 0.6 is 11.3 Å². The highest BCUT2D eigenvalue weighted by atomic mass is 32.2. The molecule has 21 heavy (non-hydrogen) atoms. The first-order valence-electron chi connectivity index (χ1n) is 7.25. The zero-order chi connectivity index (χ0) is 15.5. The molecule has 1 aliphatic rings. The van der Waals surface area contributed by atoms with Gasteiger partial charge in [0.2, 0.25) is 0 Å². The van der Waals surface area contributed by atoms with Crippen molar-refractivity contribution in [3.05, 3.63) is 17.5 Å². The lowest BCUT2D eigenvalue weighted by atomic mass is 10.1. The molecule has 2 heterocycles. The third-order valence-corrected chi connectivity index (χ3v) is 7.13. The maximum Gasteiger partial charge on any atom is 0.252 e. The molecular formula is C14H24N2O3S2. The summed E-state index contributed by atoms with van der Waals surface area (Å²) in [6.45, 7) is 6.99. The van der Waals surface area contributed by atoms with Crippen LogP contribution in [0, 0.1) is 0 Å². The Morgan fingerprint density at radius 3 is 2.52 bits per heavy atom. The molecule has 2 atom stereocenters. The van der Waals surface area contributed by atoms with Crippen LogP contribution in [0.4, 0.5) is 0 Å². The number of hydrogen-bond acceptors (Lipinski definition) is 5. The lowest BCUT2D eigenvalue weighted by Gasteiger charge is -2.43. The Hall–Kier alpha value is -0.470. The van der Waals surface area contributed by atoms with Crippen LogP contribution in [-0.2, 0) is 14.8 Å². The van der Waals surface area contributed by atoms with Gasteiger partial charge in [-0.3, -0.25) is 4.90 Å². The van der Waals surface area contributed by atoms with Gasteiger partial charge >= 0.3 is 0 Å². The van der Waals surface area contributed by atoms with Crippen molar-refractivity contribution in [2.24, 2.45) is 0 Å². The second-order valence-electron chi connectivity index (χ2n) is 5.54. The quantitative estimate of drug-likeness (QED) is 0.746. The first-order valence-corrected chi connectivity index (χ1v) is 9.57. The van der Waals surface area contributed by atoms with Crippen LogP contribution in [0.3, 0.4) is 0 Å². The highest BCUT2D eigenvalue weighted by Crippen LogP contribution is 2.25. The summed E-state index contributed by atoms with van der Waals surface area (Å²) in [6, 6.07) is 3.91. The Labute approximate surface area is 131 Å². The number of thiophene rings is 1. The fourth-order valence-corrected chi connectivity index (χ4v) is 5.62. The molecule has 1 saturated heterocycles. The first-order chi connectivity index (χ1) is 9.96. The van der Waals surface area contributed by atoms with E-state index in [1.54, 1.807) is 28.9 Å². The second kappa shape index (κ2) is 7.19. The third-order valence-electron chi connectivity index (χ3n) is 3.92. The van der Waals surface area contributed by atoms with Crippen molar-refractivity contribution in [1.29, 1.82) is 0 Å². The molecule has 1 aliphatic heterocycles. The molecular weight excluding hydrogens is 308 g/mol. The predicted molar refractivity (Wildman–Crippen MR) is 85.2 cm³/mol. The second-order valence-corrected chi connectivity index (χ2v) is 8.65. The maximum absolute atomic E-state index is 12.6. The molecule has 1 fully saturated rings. The first kappa shape index (κ1) is 16.9. The number of ether oxygens (including phenoxy) is 1. The van der Waals surface area contributed by atoms with Gasteiger partial charge in [-0.2, -0.15) is 4.31 Å². The molecule has 0 aromatic carbocycles. The Morgan fingerprint density at radius 1 is 1.33 bits per heavy atom. The Kier molecular flexibility index (Phi) is 5.79. The fourth-order valence-electron chi connectivity index (χ4n) is 2.87. The van der Waals surface area contributed by atoms with Gasteiger partial charge in [0.1, 0.15) is 4.21 Å². The summed E-state index contributed by atoms with van der Waals surface area (Å²) in [5.41, 5.74) is 0. The van der Waals surface area contributed by atoms with Crippen LogP contribution in [0.1, 0.15) is 20.3 Å². The minimum Gasteiger partial charge on any atom is -0.385 e. The Morgan fingerprint density at radius 2 is 2.00 bits per heavy atom. The normalized spacial score (nSPS) is 25.3. The molecule has 2 rings (SSSR count). The highest BCUT2D eigenvalue weighted by Gasteiger charge is 2.36. The van der Waals surface area contributed by atoms with Crippen LogP contribution in [0.2, 0.25) is 0 Å². The van der Waals surface area contributed by atoms with E-state index in [0.717, 1.165) is 19.6 Å². The van der Waals surface area contributed by atoms with Crippen molar-refractivity contribution < 1.29 is 13.2 Å². The zero-order valence-electron chi connectivity index (χ0n) is 12.9. The minimum atomic E-state index is -3.33. The third kappa shape index (κ3) is 3.84. The van der Waals surface area contributed by atoms with Gasteiger partial charge in [-0.15, -0.1) is 11.3 Å². The van der Waals surface area contributed by atoms with Crippen molar-refractivity contribution in [1.82, 2.24) is 9.21 Å². The van der Waals surface area contributed by atoms with E-state index in [9.17, 15) is 8.42 Å². The Bertz CT molecular complexity index is 518. The van der Waals surface area contributed by atoms with Crippen LogP contribution in [0.15, 0.2) is 21.7 Å². The molecule has 0 spiro atoms. The molecule has 1 aromatic heterocycles. The summed E-state index contributed by atoms with van der Waals surface area (Å²) in [5.74, 6) is 0. The zero-order valence-corrected chi connectivity index (χ0v) is 14.5. The number of nitrogens with zero attached hydrogens (tertiary/aromatic N) is 2. The topological polar surface area (TPSA) is 49.9 Å². The van der Waals surface area contributed by atoms with Crippen molar-refractivity contribution in [3.63, 3.8) is 0 Å². The van der Waals surface area contributed by atoms with E-state index in [0.29, 0.717) is 17.3 Å². The van der Waals surface area contributed by atoms with E-state index >= 15 is 0 Å². The molecule has 0 radical (unpaired) electrons. The van der Waals surface area contributed by atoms with Crippen molar-refractivity contribution in [2.45, 2.75) is 36.6 Å². The minimum absolute atomic E-state index is 0.223. The molecule has 0 N–H and O–H groups in total. The van der Waals surface area contributed by atoms with Gasteiger partial charge in [0, 0.05) is 45.4 Å². The summed E-state index contributed by atoms with van der Waals surface area (Å²) < 4.78 is 32.4. The lowest BCUT2D eigenvalue weighted by Crippen LogP contribution is -2.58. The molecule has 0 bridgehead atoms. The molecule has 0 amide bonds. The van der Waals surface area contributed by atoms with Gasteiger partial charge in [-0.25, -0.2) is 8.42 Å². The van der Waals surface area contributed by atoms with Crippen molar-refractivity contribution in [3.8, 4) is 0 Å². The van der Waals surface area contributed by atoms with E-state index in [2.05, 4.69) is 18.7 Å². The van der Waals surface area contributed by atoms with Crippen LogP contribution < -0.4 is 0 Å². The van der Waals surface area contributed by atoms with Crippen LogP contribution in [0.5, 0.6) is 0 Å². The largest absolute Gasteiger partial charge is 0.385 e. The number of methoxy groups -OCH3 is 1. The van der Waals surface area contributed by atoms with Gasteiger partial charge < -0.3 is 4.74 Å². The lowest BCUT2D eigenvalue weighted by molar-refractivity contribution is 0.0666. The van der Waals surface area contributed by atoms with Crippen molar-refractivity contribution in [2.75, 3.05) is 33.4 Å². The van der Waals surface area contributed by atoms with Gasteiger partial charge in [0.05, 0.1) is 0 Å². The van der Waals surface area contributed by atoms with Crippen molar-refractivity contribution >= 4 is 21.4 Å². The monoisotopic (exact) mass is 332 g/mol. The van der Waals surface area contributed by atoms with E-state index in [4.69, 9.17) is 4.74 Å². The van der Waals surface area contributed by atoms with E-state index in [1.165, 1.54) is 11.3 Å². The summed E-state index contributed by atoms with van der Waals surface area (Å²) in [6.07, 6.45) is 0.975. The summed E-state index contributed by atoms with van der Waals surface area (Å²) in [4.78, 5) is 2.37. The standard InChI is InChI=1S/C14H24N2O3S2/c1-12-10-15(21(17,18)14-6-4-9-20-14)11-13(2)16(12)7-5-8-19-3/h4,6,9,12-13H,5,7-8,10-11H2,1-3H3. The van der Waals surface area contributed by atoms with Gasteiger partial charge in [-0.05, 0) is 31.7 Å². The predicted octanol–water partition coefficient (Wildman–Crippen LogP) is 1.87. The maximum atomic E-state index is 12.6. The number of hydrogen-bond donors (Lipinski definition) is 0. The average Bonchev–Trinajstić information content (AvgIpc) is 2.96. The molecule has 1 aromatic rings. The molecule has 2 unspecified atom stereocenters. The smallest absolute Gasteiger partial charge is 0.252 e. The summed E-state index contributed by atoms with van der Waals surface area (Å²) in [5, 5.41) is 1.81. The number of sulfonamides is 1. The van der Waals surface area contributed by atoms with Crippen LogP contribution in [-0.4, -0.2) is 63.1 Å². The molecule has 5 nitrogen and oxygen atoms in total. The van der Waals surface area contributed by atoms with Gasteiger partial charge in [0.15, 0.2) is 0 Å². The highest BCUT2D eigenvalue weighted by molar-refractivity contribution is 7.91.